The Morgan fingerprint density at radius 1 is 1.32 bits per heavy atom. The Bertz CT molecular complexity index is 363. The highest BCUT2D eigenvalue weighted by Crippen LogP contribution is 2.19. The fourth-order valence-electron chi connectivity index (χ4n) is 1.97. The highest BCUT2D eigenvalue weighted by Gasteiger charge is 2.20. The third-order valence-electron chi connectivity index (χ3n) is 3.33. The Morgan fingerprint density at radius 2 is 2.00 bits per heavy atom. The predicted octanol–water partition coefficient (Wildman–Crippen LogP) is 2.88. The van der Waals surface area contributed by atoms with Crippen LogP contribution >= 0.6 is 11.3 Å². The highest BCUT2D eigenvalue weighted by molar-refractivity contribution is 7.09. The van der Waals surface area contributed by atoms with Gasteiger partial charge in [0.15, 0.2) is 0 Å². The van der Waals surface area contributed by atoms with Crippen LogP contribution in [0.4, 0.5) is 0 Å². The second-order valence-electron chi connectivity index (χ2n) is 4.74. The first-order valence-corrected chi connectivity index (χ1v) is 7.96. The number of hydrogen-bond acceptors (Lipinski definition) is 4. The number of carbonyl (C=O) groups is 1. The van der Waals surface area contributed by atoms with E-state index < -0.39 is 0 Å². The molecule has 1 rings (SSSR count). The van der Waals surface area contributed by atoms with E-state index in [0.717, 1.165) is 24.3 Å². The van der Waals surface area contributed by atoms with Gasteiger partial charge in [0.05, 0.1) is 12.1 Å². The lowest BCUT2D eigenvalue weighted by atomic mass is 10.1. The van der Waals surface area contributed by atoms with E-state index >= 15 is 0 Å². The molecule has 5 heteroatoms. The largest absolute Gasteiger partial charge is 0.352 e. The van der Waals surface area contributed by atoms with Gasteiger partial charge in [0.25, 0.3) is 0 Å². The van der Waals surface area contributed by atoms with E-state index in [0.29, 0.717) is 0 Å². The molecule has 0 saturated carbocycles. The van der Waals surface area contributed by atoms with Crippen LogP contribution in [0.1, 0.15) is 58.0 Å². The van der Waals surface area contributed by atoms with Crippen LogP contribution in [0.15, 0.2) is 11.6 Å². The highest BCUT2D eigenvalue weighted by atomic mass is 32.1. The molecular weight excluding hydrogens is 258 g/mol. The molecule has 0 bridgehead atoms. The Labute approximate surface area is 120 Å². The second-order valence-corrected chi connectivity index (χ2v) is 5.67. The van der Waals surface area contributed by atoms with Gasteiger partial charge in [-0.15, -0.1) is 11.3 Å². The topological polar surface area (TPSA) is 54.0 Å². The van der Waals surface area contributed by atoms with Gasteiger partial charge in [0, 0.05) is 17.6 Å². The zero-order valence-electron chi connectivity index (χ0n) is 12.3. The Balaban J connectivity index is 2.52. The SMILES string of the molecule is CCC(CC)NC(=O)C(C)NC(CC)c1nccs1. The number of hydrogen-bond donors (Lipinski definition) is 2. The van der Waals surface area contributed by atoms with E-state index in [-0.39, 0.29) is 24.0 Å². The molecule has 1 aromatic rings. The van der Waals surface area contributed by atoms with Gasteiger partial charge in [-0.3, -0.25) is 10.1 Å². The van der Waals surface area contributed by atoms with Crippen LogP contribution in [0.5, 0.6) is 0 Å². The van der Waals surface area contributed by atoms with Gasteiger partial charge in [-0.05, 0) is 26.2 Å². The van der Waals surface area contributed by atoms with Gasteiger partial charge >= 0.3 is 0 Å². The normalized spacial score (nSPS) is 14.4. The van der Waals surface area contributed by atoms with Gasteiger partial charge in [-0.2, -0.15) is 0 Å². The van der Waals surface area contributed by atoms with Crippen LogP contribution < -0.4 is 10.6 Å². The molecule has 2 unspecified atom stereocenters. The molecule has 19 heavy (non-hydrogen) atoms. The van der Waals surface area contributed by atoms with Crippen LogP contribution in [0.2, 0.25) is 0 Å². The summed E-state index contributed by atoms with van der Waals surface area (Å²) in [6, 6.07) is 0.230. The molecule has 0 aliphatic carbocycles. The lowest BCUT2D eigenvalue weighted by molar-refractivity contribution is -0.123. The first-order chi connectivity index (χ1) is 9.12. The summed E-state index contributed by atoms with van der Waals surface area (Å²) in [6.07, 6.45) is 4.67. The maximum atomic E-state index is 12.1. The summed E-state index contributed by atoms with van der Waals surface area (Å²) in [5.74, 6) is 0.0729. The fourth-order valence-corrected chi connectivity index (χ4v) is 2.75. The van der Waals surface area contributed by atoms with Crippen molar-refractivity contribution in [1.29, 1.82) is 0 Å². The van der Waals surface area contributed by atoms with Crippen molar-refractivity contribution in [3.63, 3.8) is 0 Å². The van der Waals surface area contributed by atoms with Crippen LogP contribution in [0.3, 0.4) is 0 Å². The van der Waals surface area contributed by atoms with Crippen molar-refractivity contribution in [1.82, 2.24) is 15.6 Å². The molecule has 2 N–H and O–H groups in total. The van der Waals surface area contributed by atoms with E-state index in [4.69, 9.17) is 0 Å². The molecule has 108 valence electrons. The lowest BCUT2D eigenvalue weighted by Crippen LogP contribution is -2.46. The van der Waals surface area contributed by atoms with Crippen molar-refractivity contribution in [3.05, 3.63) is 16.6 Å². The van der Waals surface area contributed by atoms with Crippen LogP contribution in [0.25, 0.3) is 0 Å². The quantitative estimate of drug-likeness (QED) is 0.771. The minimum atomic E-state index is -0.200. The summed E-state index contributed by atoms with van der Waals surface area (Å²) in [5.41, 5.74) is 0. The smallest absolute Gasteiger partial charge is 0.237 e. The van der Waals surface area contributed by atoms with E-state index in [1.807, 2.05) is 12.3 Å². The number of thiazole rings is 1. The maximum absolute atomic E-state index is 12.1. The van der Waals surface area contributed by atoms with Gasteiger partial charge in [-0.1, -0.05) is 20.8 Å². The Kier molecular flexibility index (Phi) is 7.02. The molecule has 0 radical (unpaired) electrons. The predicted molar refractivity (Wildman–Crippen MR) is 80.3 cm³/mol. The van der Waals surface area contributed by atoms with Gasteiger partial charge < -0.3 is 5.32 Å². The molecule has 0 saturated heterocycles. The molecular formula is C14H25N3OS. The molecule has 4 nitrogen and oxygen atoms in total. The molecule has 2 atom stereocenters. The molecule has 1 aromatic heterocycles. The summed E-state index contributed by atoms with van der Waals surface area (Å²) >= 11 is 1.63. The van der Waals surface area contributed by atoms with Crippen LogP contribution in [0, 0.1) is 0 Å². The number of nitrogens with one attached hydrogen (secondary N) is 2. The van der Waals surface area contributed by atoms with Gasteiger partial charge in [0.1, 0.15) is 5.01 Å². The standard InChI is InChI=1S/C14H25N3OS/c1-5-11(6-2)17-13(18)10(4)16-12(7-3)14-15-8-9-19-14/h8-12,16H,5-7H2,1-4H3,(H,17,18). The van der Waals surface area contributed by atoms with Crippen molar-refractivity contribution in [2.45, 2.75) is 65.1 Å². The van der Waals surface area contributed by atoms with Crippen molar-refractivity contribution in [2.24, 2.45) is 0 Å². The number of amides is 1. The minimum Gasteiger partial charge on any atom is -0.352 e. The number of carbonyl (C=O) groups excluding carboxylic acids is 1. The summed E-state index contributed by atoms with van der Waals surface area (Å²) in [4.78, 5) is 16.4. The summed E-state index contributed by atoms with van der Waals surface area (Å²) in [6.45, 7) is 8.20. The summed E-state index contributed by atoms with van der Waals surface area (Å²) in [7, 11) is 0. The van der Waals surface area contributed by atoms with Gasteiger partial charge in [0.2, 0.25) is 5.91 Å². The number of aromatic nitrogens is 1. The summed E-state index contributed by atoms with van der Waals surface area (Å²) < 4.78 is 0. The monoisotopic (exact) mass is 283 g/mol. The first-order valence-electron chi connectivity index (χ1n) is 7.08. The minimum absolute atomic E-state index is 0.0729. The van der Waals surface area contributed by atoms with E-state index in [2.05, 4.69) is 36.4 Å². The average molecular weight is 283 g/mol. The van der Waals surface area contributed by atoms with Crippen molar-refractivity contribution >= 4 is 17.2 Å². The third kappa shape index (κ3) is 4.91. The number of rotatable bonds is 8. The molecule has 0 aliphatic heterocycles. The Hall–Kier alpha value is -0.940. The average Bonchev–Trinajstić information content (AvgIpc) is 2.95. The number of nitrogens with zero attached hydrogens (tertiary/aromatic N) is 1. The first kappa shape index (κ1) is 16.1. The van der Waals surface area contributed by atoms with Crippen LogP contribution in [-0.4, -0.2) is 23.0 Å². The van der Waals surface area contributed by atoms with Crippen molar-refractivity contribution < 1.29 is 4.79 Å². The third-order valence-corrected chi connectivity index (χ3v) is 4.22. The molecule has 0 aromatic carbocycles. The Morgan fingerprint density at radius 3 is 2.47 bits per heavy atom. The van der Waals surface area contributed by atoms with Crippen LogP contribution in [-0.2, 0) is 4.79 Å². The molecule has 1 amide bonds. The van der Waals surface area contributed by atoms with Crippen molar-refractivity contribution in [3.8, 4) is 0 Å². The zero-order valence-corrected chi connectivity index (χ0v) is 13.1. The zero-order chi connectivity index (χ0) is 14.3. The molecule has 0 aliphatic rings. The second kappa shape index (κ2) is 8.27. The molecule has 1 heterocycles. The van der Waals surface area contributed by atoms with E-state index in [1.165, 1.54) is 0 Å². The van der Waals surface area contributed by atoms with E-state index in [9.17, 15) is 4.79 Å². The van der Waals surface area contributed by atoms with E-state index in [1.54, 1.807) is 17.5 Å². The fraction of sp³-hybridized carbons (Fsp3) is 0.714. The molecule has 0 fully saturated rings. The molecule has 0 spiro atoms. The summed E-state index contributed by atoms with van der Waals surface area (Å²) in [5, 5.41) is 9.44. The lowest BCUT2D eigenvalue weighted by Gasteiger charge is -2.22. The maximum Gasteiger partial charge on any atom is 0.237 e. The van der Waals surface area contributed by atoms with Gasteiger partial charge in [-0.25, -0.2) is 4.98 Å². The van der Waals surface area contributed by atoms with Crippen molar-refractivity contribution in [2.75, 3.05) is 0 Å².